The molecule has 30 heavy (non-hydrogen) atoms. The van der Waals surface area contributed by atoms with Gasteiger partial charge in [0, 0.05) is 18.8 Å². The van der Waals surface area contributed by atoms with Crippen LogP contribution in [0.25, 0.3) is 10.8 Å². The summed E-state index contributed by atoms with van der Waals surface area (Å²) in [5, 5.41) is 3.45. The van der Waals surface area contributed by atoms with E-state index in [2.05, 4.69) is 10.3 Å². The molecule has 3 rings (SSSR count). The van der Waals surface area contributed by atoms with E-state index in [1.54, 1.807) is 32.9 Å². The van der Waals surface area contributed by atoms with Crippen LogP contribution in [0.15, 0.2) is 39.6 Å². The smallest absolute Gasteiger partial charge is 0.267 e. The Bertz CT molecular complexity index is 1180. The van der Waals surface area contributed by atoms with Gasteiger partial charge in [0.2, 0.25) is 10.0 Å². The first-order valence-electron chi connectivity index (χ1n) is 9.32. The highest BCUT2D eigenvalue weighted by molar-refractivity contribution is 7.89. The Labute approximate surface area is 184 Å². The number of thiazole rings is 1. The molecule has 2 aromatic heterocycles. The minimum atomic E-state index is -3.76. The van der Waals surface area contributed by atoms with E-state index < -0.39 is 10.0 Å². The van der Waals surface area contributed by atoms with Gasteiger partial charge in [0.05, 0.1) is 10.7 Å². The van der Waals surface area contributed by atoms with E-state index in [4.69, 9.17) is 16.0 Å². The summed E-state index contributed by atoms with van der Waals surface area (Å²) in [7, 11) is -3.76. The number of nitrogens with zero attached hydrogens (tertiary/aromatic N) is 2. The predicted molar refractivity (Wildman–Crippen MR) is 119 cm³/mol. The van der Waals surface area contributed by atoms with E-state index >= 15 is 0 Å². The maximum absolute atomic E-state index is 12.8. The molecule has 0 spiro atoms. The van der Waals surface area contributed by atoms with Crippen LogP contribution in [-0.2, 0) is 10.0 Å². The second kappa shape index (κ2) is 8.89. The highest BCUT2D eigenvalue weighted by atomic mass is 35.5. The lowest BCUT2D eigenvalue weighted by Gasteiger charge is -2.19. The Morgan fingerprint density at radius 1 is 1.20 bits per heavy atom. The average molecular weight is 468 g/mol. The molecule has 2 heterocycles. The molecule has 3 aromatic rings. The number of anilines is 1. The highest BCUT2D eigenvalue weighted by Crippen LogP contribution is 2.31. The SMILES string of the molecule is CCN(CC)S(=O)(=O)c1cc(NC(=O)c2sc(-c3ccc(C)o3)nc2C)ccc1Cl. The van der Waals surface area contributed by atoms with Crippen molar-refractivity contribution in [1.82, 2.24) is 9.29 Å². The average Bonchev–Trinajstić information content (AvgIpc) is 3.29. The van der Waals surface area contributed by atoms with E-state index in [1.807, 2.05) is 13.0 Å². The quantitative estimate of drug-likeness (QED) is 0.530. The van der Waals surface area contributed by atoms with Crippen molar-refractivity contribution < 1.29 is 17.6 Å². The second-order valence-electron chi connectivity index (χ2n) is 6.53. The molecule has 0 atom stereocenters. The van der Waals surface area contributed by atoms with Gasteiger partial charge in [0.15, 0.2) is 10.8 Å². The van der Waals surface area contributed by atoms with Crippen molar-refractivity contribution >= 4 is 44.6 Å². The van der Waals surface area contributed by atoms with Crippen LogP contribution in [0.4, 0.5) is 5.69 Å². The Balaban J connectivity index is 1.89. The molecule has 0 unspecified atom stereocenters. The molecule has 0 aliphatic carbocycles. The van der Waals surface area contributed by atoms with Gasteiger partial charge in [-0.25, -0.2) is 13.4 Å². The second-order valence-corrected chi connectivity index (χ2v) is 9.85. The number of hydrogen-bond acceptors (Lipinski definition) is 6. The van der Waals surface area contributed by atoms with E-state index in [0.29, 0.717) is 40.1 Å². The molecule has 7 nitrogen and oxygen atoms in total. The summed E-state index contributed by atoms with van der Waals surface area (Å²) in [6.45, 7) is 7.73. The highest BCUT2D eigenvalue weighted by Gasteiger charge is 2.25. The van der Waals surface area contributed by atoms with Gasteiger partial charge in [-0.05, 0) is 44.2 Å². The fraction of sp³-hybridized carbons (Fsp3) is 0.300. The van der Waals surface area contributed by atoms with Crippen LogP contribution >= 0.6 is 22.9 Å². The van der Waals surface area contributed by atoms with Crippen LogP contribution in [0.3, 0.4) is 0 Å². The zero-order valence-corrected chi connectivity index (χ0v) is 19.4. The number of furan rings is 1. The molecular weight excluding hydrogens is 446 g/mol. The molecule has 0 radical (unpaired) electrons. The standard InChI is InChI=1S/C20H22ClN3O4S2/c1-5-24(6-2)30(26,27)17-11-14(8-9-15(17)21)23-19(25)18-13(4)22-20(29-18)16-10-7-12(3)28-16/h7-11H,5-6H2,1-4H3,(H,23,25). The summed E-state index contributed by atoms with van der Waals surface area (Å²) in [4.78, 5) is 17.6. The van der Waals surface area contributed by atoms with Crippen molar-refractivity contribution in [3.63, 3.8) is 0 Å². The van der Waals surface area contributed by atoms with Crippen LogP contribution in [0.2, 0.25) is 5.02 Å². The zero-order chi connectivity index (χ0) is 22.1. The lowest BCUT2D eigenvalue weighted by atomic mass is 10.3. The maximum Gasteiger partial charge on any atom is 0.267 e. The molecule has 160 valence electrons. The van der Waals surface area contributed by atoms with Gasteiger partial charge in [-0.15, -0.1) is 11.3 Å². The molecule has 1 amide bonds. The predicted octanol–water partition coefficient (Wildman–Crippen LogP) is 4.96. The minimum absolute atomic E-state index is 0.0431. The third kappa shape index (κ3) is 4.44. The number of hydrogen-bond donors (Lipinski definition) is 1. The van der Waals surface area contributed by atoms with Crippen molar-refractivity contribution in [2.75, 3.05) is 18.4 Å². The van der Waals surface area contributed by atoms with Crippen molar-refractivity contribution in [2.45, 2.75) is 32.6 Å². The molecule has 0 aliphatic heterocycles. The van der Waals surface area contributed by atoms with Crippen molar-refractivity contribution in [1.29, 1.82) is 0 Å². The molecule has 10 heteroatoms. The van der Waals surface area contributed by atoms with Gasteiger partial charge in [0.25, 0.3) is 5.91 Å². The van der Waals surface area contributed by atoms with Crippen LogP contribution in [0.5, 0.6) is 0 Å². The number of nitrogens with one attached hydrogen (secondary N) is 1. The summed E-state index contributed by atoms with van der Waals surface area (Å²) in [6, 6.07) is 8.04. The summed E-state index contributed by atoms with van der Waals surface area (Å²) in [5.41, 5.74) is 0.893. The zero-order valence-electron chi connectivity index (χ0n) is 17.0. The number of rotatable bonds is 7. The van der Waals surface area contributed by atoms with Gasteiger partial charge in [0.1, 0.15) is 15.5 Å². The van der Waals surface area contributed by atoms with E-state index in [1.165, 1.54) is 27.8 Å². The first-order chi connectivity index (χ1) is 14.2. The van der Waals surface area contributed by atoms with Crippen LogP contribution < -0.4 is 5.32 Å². The molecule has 0 aliphatic rings. The van der Waals surface area contributed by atoms with Gasteiger partial charge < -0.3 is 9.73 Å². The summed E-state index contributed by atoms with van der Waals surface area (Å²) < 4.78 is 32.6. The molecule has 1 aromatic carbocycles. The normalized spacial score (nSPS) is 11.8. The number of aryl methyl sites for hydroxylation is 2. The van der Waals surface area contributed by atoms with Gasteiger partial charge in [-0.1, -0.05) is 25.4 Å². The number of carbonyl (C=O) groups is 1. The van der Waals surface area contributed by atoms with Crippen molar-refractivity contribution in [2.24, 2.45) is 0 Å². The van der Waals surface area contributed by atoms with Crippen molar-refractivity contribution in [3.8, 4) is 10.8 Å². The monoisotopic (exact) mass is 467 g/mol. The lowest BCUT2D eigenvalue weighted by molar-refractivity contribution is 0.102. The fourth-order valence-electron chi connectivity index (χ4n) is 2.93. The largest absolute Gasteiger partial charge is 0.459 e. The van der Waals surface area contributed by atoms with Crippen LogP contribution in [0.1, 0.15) is 35.0 Å². The Kier molecular flexibility index (Phi) is 6.66. The molecule has 0 saturated carbocycles. The number of sulfonamides is 1. The molecule has 1 N–H and O–H groups in total. The minimum Gasteiger partial charge on any atom is -0.459 e. The summed E-state index contributed by atoms with van der Waals surface area (Å²) in [5.74, 6) is 0.971. The number of halogens is 1. The first kappa shape index (κ1) is 22.5. The number of amides is 1. The van der Waals surface area contributed by atoms with Gasteiger partial charge >= 0.3 is 0 Å². The fourth-order valence-corrected chi connectivity index (χ4v) is 5.81. The number of aromatic nitrogens is 1. The third-order valence-electron chi connectivity index (χ3n) is 4.47. The molecule has 0 bridgehead atoms. The van der Waals surface area contributed by atoms with Gasteiger partial charge in [-0.2, -0.15) is 4.31 Å². The molecule has 0 saturated heterocycles. The van der Waals surface area contributed by atoms with E-state index in [0.717, 1.165) is 5.76 Å². The lowest BCUT2D eigenvalue weighted by Crippen LogP contribution is -2.30. The van der Waals surface area contributed by atoms with E-state index in [9.17, 15) is 13.2 Å². The van der Waals surface area contributed by atoms with Crippen LogP contribution in [0, 0.1) is 13.8 Å². The summed E-state index contributed by atoms with van der Waals surface area (Å²) in [6.07, 6.45) is 0. The number of carbonyl (C=O) groups excluding carboxylic acids is 1. The molecular formula is C20H22ClN3O4S2. The molecule has 0 fully saturated rings. The van der Waals surface area contributed by atoms with E-state index in [-0.39, 0.29) is 15.8 Å². The Hall–Kier alpha value is -2.20. The maximum atomic E-state index is 12.8. The third-order valence-corrected chi connectivity index (χ3v) is 8.17. The van der Waals surface area contributed by atoms with Crippen molar-refractivity contribution in [3.05, 3.63) is 51.7 Å². The topological polar surface area (TPSA) is 92.5 Å². The number of benzene rings is 1. The van der Waals surface area contributed by atoms with Crippen LogP contribution in [-0.4, -0.2) is 36.7 Å². The summed E-state index contributed by atoms with van der Waals surface area (Å²) >= 11 is 7.36. The first-order valence-corrected chi connectivity index (χ1v) is 12.0. The van der Waals surface area contributed by atoms with Gasteiger partial charge in [-0.3, -0.25) is 4.79 Å². The Morgan fingerprint density at radius 2 is 1.90 bits per heavy atom. The Morgan fingerprint density at radius 3 is 2.50 bits per heavy atom.